The monoisotopic (exact) mass is 162 g/mol. The van der Waals surface area contributed by atoms with Crippen molar-refractivity contribution in [2.45, 2.75) is 18.3 Å². The van der Waals surface area contributed by atoms with Crippen LogP contribution in [0.2, 0.25) is 0 Å². The van der Waals surface area contributed by atoms with Gasteiger partial charge in [-0.3, -0.25) is 4.79 Å². The lowest BCUT2D eigenvalue weighted by Crippen LogP contribution is -2.51. The molecule has 0 amide bonds. The normalized spacial score (nSPS) is 39.2. The van der Waals surface area contributed by atoms with Gasteiger partial charge in [-0.05, 0) is 0 Å². The second-order valence-corrected chi connectivity index (χ2v) is 2.43. The average Bonchev–Trinajstić information content (AvgIpc) is 2.01. The topological polar surface area (TPSA) is 87.0 Å². The van der Waals surface area contributed by atoms with E-state index in [1.165, 1.54) is 0 Å². The Kier molecular flexibility index (Phi) is 2.56. The van der Waals surface area contributed by atoms with E-state index in [0.29, 0.717) is 0 Å². The van der Waals surface area contributed by atoms with E-state index in [1.54, 1.807) is 0 Å². The van der Waals surface area contributed by atoms with Crippen molar-refractivity contribution in [1.82, 2.24) is 0 Å². The zero-order chi connectivity index (χ0) is 8.43. The van der Waals surface area contributed by atoms with Gasteiger partial charge >= 0.3 is 0 Å². The maximum atomic E-state index is 10.6. The number of aliphatic hydroxyl groups is 3. The van der Waals surface area contributed by atoms with Crippen molar-refractivity contribution in [2.24, 2.45) is 0 Å². The van der Waals surface area contributed by atoms with Crippen LogP contribution in [-0.4, -0.2) is 52.6 Å². The standard InChI is InChI=1S/C6H10O5/c7-1-4-6(10)5(9)3(8)2-11-4/h4-7,9-10H,1-2H2/t4?,5?,6-/m1/s1. The van der Waals surface area contributed by atoms with E-state index >= 15 is 0 Å². The van der Waals surface area contributed by atoms with Gasteiger partial charge < -0.3 is 20.1 Å². The molecule has 5 nitrogen and oxygen atoms in total. The number of ether oxygens (including phenoxy) is 1. The van der Waals surface area contributed by atoms with Gasteiger partial charge in [0.2, 0.25) is 0 Å². The van der Waals surface area contributed by atoms with Crippen LogP contribution < -0.4 is 0 Å². The fraction of sp³-hybridized carbons (Fsp3) is 0.833. The molecule has 5 heteroatoms. The molecule has 0 aromatic rings. The summed E-state index contributed by atoms with van der Waals surface area (Å²) in [7, 11) is 0. The zero-order valence-electron chi connectivity index (χ0n) is 5.80. The Labute approximate surface area is 63.2 Å². The van der Waals surface area contributed by atoms with Crippen LogP contribution in [0.3, 0.4) is 0 Å². The molecule has 1 saturated heterocycles. The molecule has 1 heterocycles. The van der Waals surface area contributed by atoms with Crippen molar-refractivity contribution in [2.75, 3.05) is 13.2 Å². The largest absolute Gasteiger partial charge is 0.394 e. The van der Waals surface area contributed by atoms with Crippen molar-refractivity contribution in [3.05, 3.63) is 0 Å². The Morgan fingerprint density at radius 3 is 2.73 bits per heavy atom. The van der Waals surface area contributed by atoms with E-state index in [-0.39, 0.29) is 6.61 Å². The smallest absolute Gasteiger partial charge is 0.189 e. The number of carbonyl (C=O) groups is 1. The molecule has 3 N–H and O–H groups in total. The van der Waals surface area contributed by atoms with Crippen LogP contribution in [0, 0.1) is 0 Å². The van der Waals surface area contributed by atoms with Crippen molar-refractivity contribution in [1.29, 1.82) is 0 Å². The second kappa shape index (κ2) is 3.27. The third-order valence-electron chi connectivity index (χ3n) is 1.65. The number of aliphatic hydroxyl groups excluding tert-OH is 3. The summed E-state index contributed by atoms with van der Waals surface area (Å²) in [5.74, 6) is -0.554. The Morgan fingerprint density at radius 1 is 1.55 bits per heavy atom. The van der Waals surface area contributed by atoms with E-state index in [2.05, 4.69) is 0 Å². The van der Waals surface area contributed by atoms with E-state index in [1.807, 2.05) is 0 Å². The van der Waals surface area contributed by atoms with Crippen LogP contribution in [0.5, 0.6) is 0 Å². The van der Waals surface area contributed by atoms with Crippen LogP contribution in [-0.2, 0) is 9.53 Å². The number of Topliss-reactive ketones (excluding diaryl/α,β-unsaturated/α-hetero) is 1. The van der Waals surface area contributed by atoms with E-state index in [0.717, 1.165) is 0 Å². The molecular weight excluding hydrogens is 152 g/mol. The number of carbonyl (C=O) groups excluding carboxylic acids is 1. The number of ketones is 1. The molecule has 1 rings (SSSR count). The summed E-state index contributed by atoms with van der Waals surface area (Å²) in [5.41, 5.74) is 0. The highest BCUT2D eigenvalue weighted by molar-refractivity contribution is 5.85. The molecular formula is C6H10O5. The molecule has 0 spiro atoms. The first-order valence-corrected chi connectivity index (χ1v) is 3.28. The highest BCUT2D eigenvalue weighted by Crippen LogP contribution is 2.11. The van der Waals surface area contributed by atoms with Crippen molar-refractivity contribution >= 4 is 5.78 Å². The Hall–Kier alpha value is -0.490. The lowest BCUT2D eigenvalue weighted by atomic mass is 10.0. The van der Waals surface area contributed by atoms with Crippen molar-refractivity contribution in [3.8, 4) is 0 Å². The fourth-order valence-electron chi connectivity index (χ4n) is 0.928. The van der Waals surface area contributed by atoms with Crippen LogP contribution in [0.4, 0.5) is 0 Å². The summed E-state index contributed by atoms with van der Waals surface area (Å²) in [6.45, 7) is -0.644. The summed E-state index contributed by atoms with van der Waals surface area (Å²) in [6.07, 6.45) is -3.56. The third kappa shape index (κ3) is 1.57. The maximum Gasteiger partial charge on any atom is 0.189 e. The Bertz CT molecular complexity index is 157. The van der Waals surface area contributed by atoms with Crippen LogP contribution in [0.25, 0.3) is 0 Å². The molecule has 3 atom stereocenters. The van der Waals surface area contributed by atoms with Gasteiger partial charge in [-0.25, -0.2) is 0 Å². The first-order valence-electron chi connectivity index (χ1n) is 3.28. The van der Waals surface area contributed by atoms with Gasteiger partial charge in [0.15, 0.2) is 5.78 Å². The van der Waals surface area contributed by atoms with Crippen molar-refractivity contribution in [3.63, 3.8) is 0 Å². The predicted molar refractivity (Wildman–Crippen MR) is 33.8 cm³/mol. The molecule has 1 aliphatic rings. The minimum absolute atomic E-state index is 0.247. The average molecular weight is 162 g/mol. The van der Waals surface area contributed by atoms with E-state index in [9.17, 15) is 4.79 Å². The summed E-state index contributed by atoms with van der Waals surface area (Å²) in [4.78, 5) is 10.6. The van der Waals surface area contributed by atoms with Crippen LogP contribution in [0.1, 0.15) is 0 Å². The summed E-state index contributed by atoms with van der Waals surface area (Å²) in [5, 5.41) is 26.6. The lowest BCUT2D eigenvalue weighted by Gasteiger charge is -2.29. The Balaban J connectivity index is 2.59. The summed E-state index contributed by atoms with van der Waals surface area (Å²) >= 11 is 0. The highest BCUT2D eigenvalue weighted by atomic mass is 16.5. The van der Waals surface area contributed by atoms with E-state index < -0.39 is 30.7 Å². The van der Waals surface area contributed by atoms with Crippen LogP contribution in [0.15, 0.2) is 0 Å². The molecule has 0 saturated carbocycles. The van der Waals surface area contributed by atoms with Gasteiger partial charge in [-0.15, -0.1) is 0 Å². The predicted octanol–water partition coefficient (Wildman–Crippen LogP) is -2.33. The first kappa shape index (κ1) is 8.61. The van der Waals surface area contributed by atoms with Gasteiger partial charge in [-0.2, -0.15) is 0 Å². The van der Waals surface area contributed by atoms with Gasteiger partial charge in [0.05, 0.1) is 6.61 Å². The van der Waals surface area contributed by atoms with Gasteiger partial charge in [0.25, 0.3) is 0 Å². The molecule has 0 bridgehead atoms. The number of hydrogen-bond donors (Lipinski definition) is 3. The zero-order valence-corrected chi connectivity index (χ0v) is 5.80. The summed E-state index contributed by atoms with van der Waals surface area (Å²) in [6, 6.07) is 0. The second-order valence-electron chi connectivity index (χ2n) is 2.43. The fourth-order valence-corrected chi connectivity index (χ4v) is 0.928. The quantitative estimate of drug-likeness (QED) is 0.402. The lowest BCUT2D eigenvalue weighted by molar-refractivity contribution is -0.170. The number of rotatable bonds is 1. The minimum Gasteiger partial charge on any atom is -0.394 e. The Morgan fingerprint density at radius 2 is 2.18 bits per heavy atom. The molecule has 1 aliphatic heterocycles. The minimum atomic E-state index is -1.42. The SMILES string of the molecule is O=C1COC(CO)[C@@H](O)C1O. The molecule has 11 heavy (non-hydrogen) atoms. The number of hydrogen-bond acceptors (Lipinski definition) is 5. The highest BCUT2D eigenvalue weighted by Gasteiger charge is 2.36. The van der Waals surface area contributed by atoms with Crippen LogP contribution >= 0.6 is 0 Å². The molecule has 0 aliphatic carbocycles. The summed E-state index contributed by atoms with van der Waals surface area (Å²) < 4.78 is 4.71. The molecule has 64 valence electrons. The molecule has 1 fully saturated rings. The van der Waals surface area contributed by atoms with Gasteiger partial charge in [0, 0.05) is 0 Å². The first-order chi connectivity index (χ1) is 5.16. The van der Waals surface area contributed by atoms with E-state index in [4.69, 9.17) is 20.1 Å². The molecule has 2 unspecified atom stereocenters. The third-order valence-corrected chi connectivity index (χ3v) is 1.65. The van der Waals surface area contributed by atoms with Gasteiger partial charge in [0.1, 0.15) is 24.9 Å². The van der Waals surface area contributed by atoms with Crippen molar-refractivity contribution < 1.29 is 24.9 Å². The molecule has 0 aromatic heterocycles. The molecule has 0 radical (unpaired) electrons. The van der Waals surface area contributed by atoms with Gasteiger partial charge in [-0.1, -0.05) is 0 Å². The molecule has 0 aromatic carbocycles. The maximum absolute atomic E-state index is 10.6.